The molecule has 0 aliphatic carbocycles. The number of carbonyl (C=O) groups is 2. The van der Waals surface area contributed by atoms with Crippen molar-refractivity contribution in [3.8, 4) is 0 Å². The Morgan fingerprint density at radius 2 is 1.50 bits per heavy atom. The third-order valence-corrected chi connectivity index (χ3v) is 5.31. The Morgan fingerprint density at radius 1 is 0.885 bits per heavy atom. The van der Waals surface area contributed by atoms with Gasteiger partial charge in [-0.05, 0) is 31.1 Å². The molecule has 3 nitrogen and oxygen atoms in total. The highest BCUT2D eigenvalue weighted by atomic mass is 16.4. The first-order valence-corrected chi connectivity index (χ1v) is 10.8. The number of aliphatic carboxylic acids is 1. The molecule has 0 fully saturated rings. The number of unbranched alkanes of at least 4 members (excludes halogenated alkanes) is 5. The number of carbonyl (C=O) groups excluding carboxylic acids is 1. The molecule has 0 heterocycles. The second kappa shape index (κ2) is 16.1. The molecule has 26 heavy (non-hydrogen) atoms. The Kier molecular flexibility index (Phi) is 15.4. The summed E-state index contributed by atoms with van der Waals surface area (Å²) in [4.78, 5) is 23.9. The van der Waals surface area contributed by atoms with E-state index in [9.17, 15) is 14.7 Å². The molecule has 3 atom stereocenters. The molecular weight excluding hydrogens is 324 g/mol. The summed E-state index contributed by atoms with van der Waals surface area (Å²) in [7, 11) is 0. The Hall–Kier alpha value is -1.12. The van der Waals surface area contributed by atoms with Crippen LogP contribution < -0.4 is 0 Å². The van der Waals surface area contributed by atoms with Gasteiger partial charge < -0.3 is 5.11 Å². The van der Waals surface area contributed by atoms with Crippen molar-refractivity contribution in [3.63, 3.8) is 0 Å². The Bertz CT molecular complexity index is 389. The summed E-state index contributed by atoms with van der Waals surface area (Å²) in [6.07, 6.45) is 15.0. The fourth-order valence-electron chi connectivity index (χ4n) is 3.63. The standard InChI is InChI=1S/C23H42O3/c1-5-7-8-9-10-11-12-17-21(23(25)26)22(24)18-20(4)16-13-15-19(3)14-6-2/h5,19-21H,1,6-18H2,2-4H3,(H,25,26)/t19?,20-,21?/m1/s1. The van der Waals surface area contributed by atoms with Crippen LogP contribution >= 0.6 is 0 Å². The number of allylic oxidation sites excluding steroid dienone is 1. The molecule has 152 valence electrons. The average Bonchev–Trinajstić information content (AvgIpc) is 2.57. The summed E-state index contributed by atoms with van der Waals surface area (Å²) in [6, 6.07) is 0. The molecule has 2 unspecified atom stereocenters. The number of carboxylic acid groups (broad SMARTS) is 1. The first-order valence-electron chi connectivity index (χ1n) is 10.8. The van der Waals surface area contributed by atoms with Crippen molar-refractivity contribution >= 4 is 11.8 Å². The van der Waals surface area contributed by atoms with E-state index in [0.29, 0.717) is 12.8 Å². The maximum absolute atomic E-state index is 12.4. The van der Waals surface area contributed by atoms with Gasteiger partial charge in [0.1, 0.15) is 11.7 Å². The topological polar surface area (TPSA) is 54.4 Å². The lowest BCUT2D eigenvalue weighted by Crippen LogP contribution is -2.25. The van der Waals surface area contributed by atoms with E-state index in [1.165, 1.54) is 19.3 Å². The zero-order valence-electron chi connectivity index (χ0n) is 17.5. The van der Waals surface area contributed by atoms with E-state index in [0.717, 1.165) is 57.3 Å². The molecule has 0 rings (SSSR count). The zero-order valence-corrected chi connectivity index (χ0v) is 17.5. The number of hydrogen-bond acceptors (Lipinski definition) is 2. The number of carboxylic acids is 1. The van der Waals surface area contributed by atoms with Gasteiger partial charge in [0.25, 0.3) is 0 Å². The average molecular weight is 367 g/mol. The fourth-order valence-corrected chi connectivity index (χ4v) is 3.63. The van der Waals surface area contributed by atoms with Crippen molar-refractivity contribution in [2.45, 2.75) is 104 Å². The second-order valence-electron chi connectivity index (χ2n) is 8.12. The minimum Gasteiger partial charge on any atom is -0.481 e. The molecule has 0 aliphatic rings. The van der Waals surface area contributed by atoms with Gasteiger partial charge in [-0.15, -0.1) is 6.58 Å². The number of rotatable bonds is 18. The van der Waals surface area contributed by atoms with Gasteiger partial charge >= 0.3 is 5.97 Å². The van der Waals surface area contributed by atoms with Gasteiger partial charge in [0.05, 0.1) is 0 Å². The van der Waals surface area contributed by atoms with E-state index < -0.39 is 11.9 Å². The van der Waals surface area contributed by atoms with Gasteiger partial charge in [0.2, 0.25) is 0 Å². The molecule has 0 saturated carbocycles. The maximum Gasteiger partial charge on any atom is 0.314 e. The largest absolute Gasteiger partial charge is 0.481 e. The van der Waals surface area contributed by atoms with E-state index in [-0.39, 0.29) is 11.7 Å². The summed E-state index contributed by atoms with van der Waals surface area (Å²) in [5.74, 6) is -0.772. The van der Waals surface area contributed by atoms with Crippen LogP contribution in [0.4, 0.5) is 0 Å². The molecule has 0 spiro atoms. The quantitative estimate of drug-likeness (QED) is 0.165. The van der Waals surface area contributed by atoms with Crippen molar-refractivity contribution in [3.05, 3.63) is 12.7 Å². The van der Waals surface area contributed by atoms with E-state index in [2.05, 4.69) is 27.4 Å². The lowest BCUT2D eigenvalue weighted by atomic mass is 9.88. The van der Waals surface area contributed by atoms with E-state index in [4.69, 9.17) is 0 Å². The van der Waals surface area contributed by atoms with Crippen LogP contribution in [0.5, 0.6) is 0 Å². The SMILES string of the molecule is C=CCCCCCCCC(C(=O)O)C(=O)C[C@H](C)CCCC(C)CCC. The van der Waals surface area contributed by atoms with Crippen molar-refractivity contribution in [1.82, 2.24) is 0 Å². The highest BCUT2D eigenvalue weighted by Gasteiger charge is 2.26. The van der Waals surface area contributed by atoms with Crippen LogP contribution in [0.2, 0.25) is 0 Å². The number of Topliss-reactive ketones (excluding diaryl/α,β-unsaturated/α-hetero) is 1. The minimum atomic E-state index is -0.939. The molecule has 0 amide bonds. The van der Waals surface area contributed by atoms with E-state index in [1.807, 2.05) is 6.08 Å². The Morgan fingerprint density at radius 3 is 2.12 bits per heavy atom. The first kappa shape index (κ1) is 24.9. The van der Waals surface area contributed by atoms with Gasteiger partial charge in [-0.3, -0.25) is 9.59 Å². The van der Waals surface area contributed by atoms with Gasteiger partial charge in [-0.2, -0.15) is 0 Å². The Labute approximate surface area is 161 Å². The van der Waals surface area contributed by atoms with Crippen LogP contribution in [-0.4, -0.2) is 16.9 Å². The van der Waals surface area contributed by atoms with Gasteiger partial charge in [0.15, 0.2) is 0 Å². The van der Waals surface area contributed by atoms with Gasteiger partial charge in [-0.25, -0.2) is 0 Å². The second-order valence-corrected chi connectivity index (χ2v) is 8.12. The molecule has 0 bridgehead atoms. The monoisotopic (exact) mass is 366 g/mol. The number of hydrogen-bond donors (Lipinski definition) is 1. The zero-order chi connectivity index (χ0) is 19.8. The van der Waals surface area contributed by atoms with Crippen LogP contribution in [0.15, 0.2) is 12.7 Å². The first-order chi connectivity index (χ1) is 12.4. The fraction of sp³-hybridized carbons (Fsp3) is 0.826. The highest BCUT2D eigenvalue weighted by molar-refractivity contribution is 5.98. The normalized spacial score (nSPS) is 14.6. The van der Waals surface area contributed by atoms with Crippen molar-refractivity contribution in [2.75, 3.05) is 0 Å². The molecule has 0 saturated heterocycles. The van der Waals surface area contributed by atoms with Crippen molar-refractivity contribution < 1.29 is 14.7 Å². The van der Waals surface area contributed by atoms with Crippen LogP contribution in [0.25, 0.3) is 0 Å². The van der Waals surface area contributed by atoms with Gasteiger partial charge in [-0.1, -0.05) is 84.6 Å². The minimum absolute atomic E-state index is 0.0711. The third-order valence-electron chi connectivity index (χ3n) is 5.31. The van der Waals surface area contributed by atoms with Crippen LogP contribution in [-0.2, 0) is 9.59 Å². The summed E-state index contributed by atoms with van der Waals surface area (Å²) in [5, 5.41) is 9.41. The van der Waals surface area contributed by atoms with Crippen LogP contribution in [0.3, 0.4) is 0 Å². The summed E-state index contributed by atoms with van der Waals surface area (Å²) < 4.78 is 0. The van der Waals surface area contributed by atoms with Crippen LogP contribution in [0.1, 0.15) is 104 Å². The van der Waals surface area contributed by atoms with Crippen molar-refractivity contribution in [1.29, 1.82) is 0 Å². The van der Waals surface area contributed by atoms with Crippen LogP contribution in [0, 0.1) is 17.8 Å². The molecular formula is C23H42O3. The molecule has 1 N–H and O–H groups in total. The summed E-state index contributed by atoms with van der Waals surface area (Å²) >= 11 is 0. The predicted octanol–water partition coefficient (Wildman–Crippen LogP) is 6.81. The highest BCUT2D eigenvalue weighted by Crippen LogP contribution is 2.22. The molecule has 0 aromatic heterocycles. The van der Waals surface area contributed by atoms with E-state index in [1.54, 1.807) is 0 Å². The van der Waals surface area contributed by atoms with E-state index >= 15 is 0 Å². The summed E-state index contributed by atoms with van der Waals surface area (Å²) in [6.45, 7) is 10.3. The molecule has 0 aliphatic heterocycles. The molecule has 0 aromatic carbocycles. The number of ketones is 1. The molecule has 0 aromatic rings. The lowest BCUT2D eigenvalue weighted by Gasteiger charge is -2.16. The lowest BCUT2D eigenvalue weighted by molar-refractivity contribution is -0.146. The molecule has 3 heteroatoms. The smallest absolute Gasteiger partial charge is 0.314 e. The Balaban J connectivity index is 4.06. The van der Waals surface area contributed by atoms with Gasteiger partial charge in [0, 0.05) is 6.42 Å². The molecule has 0 radical (unpaired) electrons. The summed E-state index contributed by atoms with van der Waals surface area (Å²) in [5.41, 5.74) is 0. The predicted molar refractivity (Wildman–Crippen MR) is 110 cm³/mol. The third kappa shape index (κ3) is 13.1. The van der Waals surface area contributed by atoms with Crippen molar-refractivity contribution in [2.24, 2.45) is 17.8 Å². The maximum atomic E-state index is 12.4.